The van der Waals surface area contributed by atoms with Crippen LogP contribution in [-0.4, -0.2) is 34.3 Å². The van der Waals surface area contributed by atoms with Gasteiger partial charge in [0, 0.05) is 11.8 Å². The van der Waals surface area contributed by atoms with Crippen LogP contribution in [0.5, 0.6) is 5.75 Å². The Labute approximate surface area is 132 Å². The summed E-state index contributed by atoms with van der Waals surface area (Å²) in [6.45, 7) is 2.00. The maximum Gasteiger partial charge on any atom is 0.343 e. The number of esters is 1. The number of nitrogens with zero attached hydrogens (tertiary/aromatic N) is 3. The summed E-state index contributed by atoms with van der Waals surface area (Å²) in [5.74, 6) is 0.376. The number of fused-ring (bicyclic) bond motifs is 1. The van der Waals surface area contributed by atoms with E-state index < -0.39 is 5.97 Å². The summed E-state index contributed by atoms with van der Waals surface area (Å²) in [5.41, 5.74) is 8.39. The molecule has 0 unspecified atom stereocenters. The zero-order valence-electron chi connectivity index (χ0n) is 12.8. The average molecular weight is 312 g/mol. The van der Waals surface area contributed by atoms with Crippen molar-refractivity contribution in [3.63, 3.8) is 0 Å². The molecule has 0 spiro atoms. The van der Waals surface area contributed by atoms with E-state index in [0.29, 0.717) is 11.4 Å². The molecule has 0 radical (unpaired) electrons. The predicted molar refractivity (Wildman–Crippen MR) is 85.3 cm³/mol. The van der Waals surface area contributed by atoms with E-state index >= 15 is 0 Å². The molecule has 23 heavy (non-hydrogen) atoms. The number of rotatable bonds is 4. The summed E-state index contributed by atoms with van der Waals surface area (Å²) in [5, 5.41) is 4.24. The van der Waals surface area contributed by atoms with Crippen LogP contribution in [0.3, 0.4) is 0 Å². The third-order valence-electron chi connectivity index (χ3n) is 3.46. The Bertz CT molecular complexity index is 873. The molecule has 0 amide bonds. The minimum atomic E-state index is -0.520. The fourth-order valence-corrected chi connectivity index (χ4v) is 2.37. The molecule has 0 saturated heterocycles. The van der Waals surface area contributed by atoms with Gasteiger partial charge in [-0.2, -0.15) is 9.61 Å². The van der Waals surface area contributed by atoms with E-state index in [1.165, 1.54) is 10.7 Å². The van der Waals surface area contributed by atoms with Crippen LogP contribution in [0.15, 0.2) is 36.7 Å². The smallest absolute Gasteiger partial charge is 0.343 e. The molecule has 118 valence electrons. The van der Waals surface area contributed by atoms with Gasteiger partial charge in [-0.1, -0.05) is 18.2 Å². The van der Waals surface area contributed by atoms with Gasteiger partial charge in [-0.3, -0.25) is 0 Å². The molecule has 0 bridgehead atoms. The molecule has 0 saturated carbocycles. The van der Waals surface area contributed by atoms with Gasteiger partial charge in [0.2, 0.25) is 0 Å². The van der Waals surface area contributed by atoms with Crippen LogP contribution in [0.4, 0.5) is 5.82 Å². The minimum Gasteiger partial charge on any atom is -0.496 e. The molecule has 0 aliphatic rings. The zero-order chi connectivity index (χ0) is 16.4. The highest BCUT2D eigenvalue weighted by Gasteiger charge is 2.19. The predicted octanol–water partition coefficient (Wildman–Crippen LogP) is 2.16. The summed E-state index contributed by atoms with van der Waals surface area (Å²) < 4.78 is 11.8. The van der Waals surface area contributed by atoms with Crippen LogP contribution >= 0.6 is 0 Å². The maximum absolute atomic E-state index is 11.9. The Hall–Kier alpha value is -3.09. The number of methoxy groups -OCH3 is 1. The van der Waals surface area contributed by atoms with Gasteiger partial charge in [-0.15, -0.1) is 0 Å². The quantitative estimate of drug-likeness (QED) is 0.742. The number of carbonyl (C=O) groups is 1. The fourth-order valence-electron chi connectivity index (χ4n) is 2.37. The molecule has 7 nitrogen and oxygen atoms in total. The summed E-state index contributed by atoms with van der Waals surface area (Å²) in [7, 11) is 1.60. The van der Waals surface area contributed by atoms with E-state index in [2.05, 4.69) is 10.1 Å². The van der Waals surface area contributed by atoms with Crippen molar-refractivity contribution in [1.29, 1.82) is 0 Å². The Morgan fingerprint density at radius 2 is 2.04 bits per heavy atom. The van der Waals surface area contributed by atoms with Crippen molar-refractivity contribution in [2.75, 3.05) is 19.5 Å². The van der Waals surface area contributed by atoms with E-state index in [4.69, 9.17) is 15.2 Å². The van der Waals surface area contributed by atoms with Crippen LogP contribution in [0, 0.1) is 0 Å². The van der Waals surface area contributed by atoms with E-state index in [0.717, 1.165) is 11.1 Å². The van der Waals surface area contributed by atoms with E-state index in [1.807, 2.05) is 24.3 Å². The zero-order valence-corrected chi connectivity index (χ0v) is 12.8. The van der Waals surface area contributed by atoms with E-state index in [9.17, 15) is 4.79 Å². The number of carbonyl (C=O) groups excluding carboxylic acids is 1. The molecule has 3 aromatic rings. The normalized spacial score (nSPS) is 10.7. The molecule has 0 fully saturated rings. The van der Waals surface area contributed by atoms with Crippen LogP contribution in [0.1, 0.15) is 17.3 Å². The topological polar surface area (TPSA) is 91.7 Å². The maximum atomic E-state index is 11.9. The van der Waals surface area contributed by atoms with Gasteiger partial charge in [0.1, 0.15) is 17.1 Å². The van der Waals surface area contributed by atoms with E-state index in [-0.39, 0.29) is 18.0 Å². The molecule has 0 aliphatic heterocycles. The third-order valence-corrected chi connectivity index (χ3v) is 3.46. The van der Waals surface area contributed by atoms with Crippen LogP contribution in [0.2, 0.25) is 0 Å². The van der Waals surface area contributed by atoms with Gasteiger partial charge >= 0.3 is 5.97 Å². The Kier molecular flexibility index (Phi) is 3.84. The largest absolute Gasteiger partial charge is 0.496 e. The molecule has 0 aliphatic carbocycles. The fraction of sp³-hybridized carbons (Fsp3) is 0.188. The van der Waals surface area contributed by atoms with E-state index in [1.54, 1.807) is 20.2 Å². The van der Waals surface area contributed by atoms with Crippen molar-refractivity contribution in [3.05, 3.63) is 42.2 Å². The molecule has 1 aromatic carbocycles. The highest BCUT2D eigenvalue weighted by Crippen LogP contribution is 2.32. The summed E-state index contributed by atoms with van der Waals surface area (Å²) >= 11 is 0. The number of anilines is 1. The van der Waals surface area contributed by atoms with Crippen molar-refractivity contribution in [3.8, 4) is 16.9 Å². The van der Waals surface area contributed by atoms with Gasteiger partial charge in [-0.05, 0) is 13.0 Å². The molecule has 2 aromatic heterocycles. The lowest BCUT2D eigenvalue weighted by molar-refractivity contribution is 0.0526. The van der Waals surface area contributed by atoms with Crippen LogP contribution < -0.4 is 10.5 Å². The second-order valence-electron chi connectivity index (χ2n) is 4.77. The van der Waals surface area contributed by atoms with Crippen molar-refractivity contribution >= 4 is 17.4 Å². The van der Waals surface area contributed by atoms with Gasteiger partial charge in [0.15, 0.2) is 5.65 Å². The van der Waals surface area contributed by atoms with Gasteiger partial charge in [0.25, 0.3) is 0 Å². The Balaban J connectivity index is 2.16. The summed E-state index contributed by atoms with van der Waals surface area (Å²) in [6, 6.07) is 7.55. The number of para-hydroxylation sites is 1. The molecule has 7 heteroatoms. The SMILES string of the molecule is CCOC(=O)c1cnc2c(-c3ccccc3OC)cnn2c1N. The minimum absolute atomic E-state index is 0.189. The molecular weight excluding hydrogens is 296 g/mol. The molecular formula is C16H16N4O3. The van der Waals surface area contributed by atoms with Crippen molar-refractivity contribution in [2.24, 2.45) is 0 Å². The van der Waals surface area contributed by atoms with Gasteiger partial charge < -0.3 is 15.2 Å². The first-order valence-corrected chi connectivity index (χ1v) is 7.10. The standard InChI is InChI=1S/C16H16N4O3/c1-3-23-16(21)12-8-18-15-11(9-19-20(15)14(12)17)10-6-4-5-7-13(10)22-2/h4-9H,3,17H2,1-2H3. The lowest BCUT2D eigenvalue weighted by Crippen LogP contribution is -2.12. The highest BCUT2D eigenvalue weighted by molar-refractivity contribution is 5.95. The second-order valence-corrected chi connectivity index (χ2v) is 4.77. The Morgan fingerprint density at radius 1 is 1.26 bits per heavy atom. The van der Waals surface area contributed by atoms with Crippen molar-refractivity contribution in [1.82, 2.24) is 14.6 Å². The molecule has 2 N–H and O–H groups in total. The number of hydrogen-bond acceptors (Lipinski definition) is 6. The molecule has 0 atom stereocenters. The molecule has 2 heterocycles. The second kappa shape index (κ2) is 5.96. The first-order valence-electron chi connectivity index (χ1n) is 7.10. The summed E-state index contributed by atoms with van der Waals surface area (Å²) in [4.78, 5) is 16.2. The monoisotopic (exact) mass is 312 g/mol. The number of nitrogen functional groups attached to an aromatic ring is 1. The van der Waals surface area contributed by atoms with Crippen LogP contribution in [-0.2, 0) is 4.74 Å². The van der Waals surface area contributed by atoms with Gasteiger partial charge in [0.05, 0.1) is 25.5 Å². The first kappa shape index (κ1) is 14.8. The van der Waals surface area contributed by atoms with Crippen LogP contribution in [0.25, 0.3) is 16.8 Å². The summed E-state index contributed by atoms with van der Waals surface area (Å²) in [6.07, 6.45) is 3.05. The number of nitrogens with two attached hydrogens (primary N) is 1. The average Bonchev–Trinajstić information content (AvgIpc) is 3.00. The third kappa shape index (κ3) is 2.46. The van der Waals surface area contributed by atoms with Crippen molar-refractivity contribution in [2.45, 2.75) is 6.92 Å². The number of benzene rings is 1. The molecule has 3 rings (SSSR count). The lowest BCUT2D eigenvalue weighted by Gasteiger charge is -2.08. The highest BCUT2D eigenvalue weighted by atomic mass is 16.5. The van der Waals surface area contributed by atoms with Gasteiger partial charge in [-0.25, -0.2) is 9.78 Å². The Morgan fingerprint density at radius 3 is 2.78 bits per heavy atom. The number of hydrogen-bond donors (Lipinski definition) is 1. The first-order chi connectivity index (χ1) is 11.2. The number of ether oxygens (including phenoxy) is 2. The lowest BCUT2D eigenvalue weighted by atomic mass is 10.1. The number of aromatic nitrogens is 3. The van der Waals surface area contributed by atoms with Crippen molar-refractivity contribution < 1.29 is 14.3 Å².